The van der Waals surface area contributed by atoms with Crippen molar-refractivity contribution < 1.29 is 18.7 Å². The first-order chi connectivity index (χ1) is 15.2. The number of nitrogens with one attached hydrogen (secondary N) is 1. The Morgan fingerprint density at radius 1 is 1.13 bits per heavy atom. The minimum Gasteiger partial charge on any atom is -0.497 e. The summed E-state index contributed by atoms with van der Waals surface area (Å²) in [7, 11) is 3.30. The van der Waals surface area contributed by atoms with Crippen molar-refractivity contribution in [2.45, 2.75) is 24.9 Å². The monoisotopic (exact) mass is 420 g/mol. The van der Waals surface area contributed by atoms with Gasteiger partial charge in [-0.2, -0.15) is 0 Å². The topological polar surface area (TPSA) is 63.9 Å². The molecule has 6 heteroatoms. The van der Waals surface area contributed by atoms with Crippen molar-refractivity contribution in [3.63, 3.8) is 0 Å². The second-order valence-electron chi connectivity index (χ2n) is 7.59. The van der Waals surface area contributed by atoms with E-state index in [2.05, 4.69) is 5.32 Å². The fourth-order valence-corrected chi connectivity index (χ4v) is 4.26. The molecule has 1 fully saturated rings. The summed E-state index contributed by atoms with van der Waals surface area (Å²) in [6.07, 6.45) is 3.51. The van der Waals surface area contributed by atoms with Gasteiger partial charge in [-0.3, -0.25) is 10.1 Å². The third-order valence-electron chi connectivity index (χ3n) is 5.79. The van der Waals surface area contributed by atoms with Gasteiger partial charge in [-0.15, -0.1) is 0 Å². The maximum atomic E-state index is 13.2. The molecule has 6 nitrogen and oxygen atoms in total. The molecule has 1 amide bonds. The first-order valence-corrected chi connectivity index (χ1v) is 10.5. The lowest BCUT2D eigenvalue weighted by Crippen LogP contribution is -2.39. The molecule has 0 bridgehead atoms. The van der Waals surface area contributed by atoms with Crippen LogP contribution in [0.3, 0.4) is 0 Å². The molecule has 0 saturated carbocycles. The highest BCUT2D eigenvalue weighted by molar-refractivity contribution is 5.79. The van der Waals surface area contributed by atoms with Crippen molar-refractivity contribution in [3.8, 4) is 11.5 Å². The van der Waals surface area contributed by atoms with Crippen LogP contribution in [0, 0.1) is 0 Å². The van der Waals surface area contributed by atoms with E-state index in [1.807, 2.05) is 65.6 Å². The van der Waals surface area contributed by atoms with Crippen LogP contribution in [0.5, 0.6) is 11.5 Å². The second kappa shape index (κ2) is 9.71. The van der Waals surface area contributed by atoms with E-state index in [-0.39, 0.29) is 24.5 Å². The van der Waals surface area contributed by atoms with Gasteiger partial charge in [-0.25, -0.2) is 0 Å². The van der Waals surface area contributed by atoms with Crippen LogP contribution >= 0.6 is 0 Å². The Kier molecular flexibility index (Phi) is 6.57. The number of nitrogens with zero attached hydrogens (tertiary/aromatic N) is 1. The van der Waals surface area contributed by atoms with Crippen molar-refractivity contribution in [3.05, 3.63) is 83.8 Å². The highest BCUT2D eigenvalue weighted by Gasteiger charge is 2.32. The third-order valence-corrected chi connectivity index (χ3v) is 5.79. The van der Waals surface area contributed by atoms with Gasteiger partial charge in [0.25, 0.3) is 0 Å². The smallest absolute Gasteiger partial charge is 0.237 e. The van der Waals surface area contributed by atoms with Gasteiger partial charge in [0.2, 0.25) is 5.91 Å². The van der Waals surface area contributed by atoms with E-state index in [0.29, 0.717) is 0 Å². The summed E-state index contributed by atoms with van der Waals surface area (Å²) in [4.78, 5) is 15.2. The molecule has 0 aliphatic carbocycles. The molecule has 0 radical (unpaired) electrons. The Balaban J connectivity index is 1.51. The Morgan fingerprint density at radius 3 is 2.68 bits per heavy atom. The lowest BCUT2D eigenvalue weighted by Gasteiger charge is -2.27. The molecule has 162 valence electrons. The zero-order chi connectivity index (χ0) is 21.6. The Morgan fingerprint density at radius 2 is 1.97 bits per heavy atom. The van der Waals surface area contributed by atoms with Crippen LogP contribution in [0.1, 0.15) is 41.8 Å². The van der Waals surface area contributed by atoms with E-state index >= 15 is 0 Å². The van der Waals surface area contributed by atoms with Crippen LogP contribution in [0.2, 0.25) is 0 Å². The third kappa shape index (κ3) is 4.59. The van der Waals surface area contributed by atoms with Crippen molar-refractivity contribution >= 4 is 5.91 Å². The second-order valence-corrected chi connectivity index (χ2v) is 7.59. The van der Waals surface area contributed by atoms with Crippen molar-refractivity contribution in [2.24, 2.45) is 0 Å². The molecular weight excluding hydrogens is 392 g/mol. The van der Waals surface area contributed by atoms with Gasteiger partial charge in [-0.05, 0) is 48.7 Å². The van der Waals surface area contributed by atoms with Gasteiger partial charge in [0.1, 0.15) is 17.3 Å². The molecule has 0 spiro atoms. The van der Waals surface area contributed by atoms with Gasteiger partial charge < -0.3 is 18.8 Å². The highest BCUT2D eigenvalue weighted by Crippen LogP contribution is 2.39. The maximum Gasteiger partial charge on any atom is 0.237 e. The summed E-state index contributed by atoms with van der Waals surface area (Å²) >= 11 is 0. The fraction of sp³-hybridized carbons (Fsp3) is 0.320. The fourth-order valence-electron chi connectivity index (χ4n) is 4.26. The molecule has 31 heavy (non-hydrogen) atoms. The number of hydrogen-bond acceptors (Lipinski definition) is 5. The molecule has 1 saturated heterocycles. The summed E-state index contributed by atoms with van der Waals surface area (Å²) in [5, 5.41) is 3.40. The number of benzene rings is 2. The Labute approximate surface area is 182 Å². The molecule has 2 atom stereocenters. The first kappa shape index (κ1) is 21.0. The number of likely N-dealkylation sites (tertiary alicyclic amines) is 1. The Bertz CT molecular complexity index is 988. The number of amides is 1. The molecule has 1 aliphatic heterocycles. The molecule has 1 aliphatic rings. The van der Waals surface area contributed by atoms with Crippen LogP contribution in [-0.4, -0.2) is 38.1 Å². The normalized spacial score (nSPS) is 16.8. The summed E-state index contributed by atoms with van der Waals surface area (Å²) in [5.41, 5.74) is 2.04. The summed E-state index contributed by atoms with van der Waals surface area (Å²) in [6, 6.07) is 19.3. The molecule has 2 aromatic carbocycles. The largest absolute Gasteiger partial charge is 0.497 e. The van der Waals surface area contributed by atoms with E-state index in [0.717, 1.165) is 47.8 Å². The first-order valence-electron chi connectivity index (χ1n) is 10.5. The zero-order valence-corrected chi connectivity index (χ0v) is 17.9. The average molecular weight is 421 g/mol. The van der Waals surface area contributed by atoms with Crippen molar-refractivity contribution in [2.75, 3.05) is 27.3 Å². The predicted octanol–water partition coefficient (Wildman–Crippen LogP) is 4.34. The standard InChI is InChI=1S/C25H28N2O4/c1-29-19-12-13-22(30-2)20(16-19)21-10-6-14-27(21)24(28)17-26-25(23-11-7-15-31-23)18-8-4-3-5-9-18/h3-5,7-9,11-13,15-16,21,25-26H,6,10,14,17H2,1-2H3/t21-,25+/m0/s1. The number of furan rings is 1. The molecular formula is C25H28N2O4. The van der Waals surface area contributed by atoms with Crippen LogP contribution in [-0.2, 0) is 4.79 Å². The number of ether oxygens (including phenoxy) is 2. The lowest BCUT2D eigenvalue weighted by atomic mass is 10.0. The van der Waals surface area contributed by atoms with E-state index in [1.165, 1.54) is 0 Å². The zero-order valence-electron chi connectivity index (χ0n) is 17.9. The minimum atomic E-state index is -0.187. The summed E-state index contributed by atoms with van der Waals surface area (Å²) in [5.74, 6) is 2.37. The van der Waals surface area contributed by atoms with Crippen LogP contribution < -0.4 is 14.8 Å². The quantitative estimate of drug-likeness (QED) is 0.587. The van der Waals surface area contributed by atoms with Gasteiger partial charge >= 0.3 is 0 Å². The number of carbonyl (C=O) groups is 1. The van der Waals surface area contributed by atoms with Crippen molar-refractivity contribution in [1.29, 1.82) is 0 Å². The number of methoxy groups -OCH3 is 2. The summed E-state index contributed by atoms with van der Waals surface area (Å²) < 4.78 is 16.6. The van der Waals surface area contributed by atoms with Gasteiger partial charge in [-0.1, -0.05) is 30.3 Å². The molecule has 1 aromatic heterocycles. The van der Waals surface area contributed by atoms with Crippen molar-refractivity contribution in [1.82, 2.24) is 10.2 Å². The van der Waals surface area contributed by atoms with E-state index < -0.39 is 0 Å². The molecule has 0 unspecified atom stereocenters. The predicted molar refractivity (Wildman–Crippen MR) is 118 cm³/mol. The molecule has 1 N–H and O–H groups in total. The molecule has 4 rings (SSSR count). The van der Waals surface area contributed by atoms with E-state index in [4.69, 9.17) is 13.9 Å². The highest BCUT2D eigenvalue weighted by atomic mass is 16.5. The van der Waals surface area contributed by atoms with Gasteiger partial charge in [0, 0.05) is 12.1 Å². The number of hydrogen-bond donors (Lipinski definition) is 1. The average Bonchev–Trinajstić information content (AvgIpc) is 3.52. The van der Waals surface area contributed by atoms with E-state index in [9.17, 15) is 4.79 Å². The summed E-state index contributed by atoms with van der Waals surface area (Å²) in [6.45, 7) is 0.936. The van der Waals surface area contributed by atoms with Gasteiger partial charge in [0.05, 0.1) is 39.1 Å². The number of rotatable bonds is 8. The van der Waals surface area contributed by atoms with Gasteiger partial charge in [0.15, 0.2) is 0 Å². The lowest BCUT2D eigenvalue weighted by molar-refractivity contribution is -0.131. The van der Waals surface area contributed by atoms with E-state index in [1.54, 1.807) is 20.5 Å². The molecule has 3 aromatic rings. The van der Waals surface area contributed by atoms with Crippen LogP contribution in [0.15, 0.2) is 71.3 Å². The molecule has 2 heterocycles. The minimum absolute atomic E-state index is 0.0295. The Hall–Kier alpha value is -3.25. The van der Waals surface area contributed by atoms with Crippen LogP contribution in [0.4, 0.5) is 0 Å². The van der Waals surface area contributed by atoms with Crippen LogP contribution in [0.25, 0.3) is 0 Å². The number of carbonyl (C=O) groups excluding carboxylic acids is 1. The maximum absolute atomic E-state index is 13.2. The SMILES string of the molecule is COc1ccc(OC)c([C@@H]2CCCN2C(=O)CN[C@H](c2ccccc2)c2ccco2)c1.